The molecule has 0 aliphatic carbocycles. The highest BCUT2D eigenvalue weighted by Gasteiger charge is 2.08. The van der Waals surface area contributed by atoms with Crippen LogP contribution < -0.4 is 0 Å². The molecule has 12 heavy (non-hydrogen) atoms. The van der Waals surface area contributed by atoms with Crippen LogP contribution in [0, 0.1) is 5.92 Å². The first-order valence-electron chi connectivity index (χ1n) is 4.34. The number of ketones is 1. The van der Waals surface area contributed by atoms with Gasteiger partial charge in [-0.15, -0.1) is 0 Å². The summed E-state index contributed by atoms with van der Waals surface area (Å²) in [7, 11) is 0. The third-order valence-corrected chi connectivity index (χ3v) is 1.81. The van der Waals surface area contributed by atoms with Gasteiger partial charge in [0.05, 0.1) is 0 Å². The van der Waals surface area contributed by atoms with Gasteiger partial charge in [0.1, 0.15) is 0 Å². The fourth-order valence-corrected chi connectivity index (χ4v) is 0.951. The molecular formula is C11H18O. The normalized spacial score (nSPS) is 13.8. The van der Waals surface area contributed by atoms with E-state index in [0.717, 1.165) is 11.1 Å². The Morgan fingerprint density at radius 2 is 1.75 bits per heavy atom. The lowest BCUT2D eigenvalue weighted by atomic mass is 10.0. The minimum Gasteiger partial charge on any atom is -0.294 e. The van der Waals surface area contributed by atoms with E-state index in [4.69, 9.17) is 0 Å². The molecule has 1 nitrogen and oxygen atoms in total. The van der Waals surface area contributed by atoms with Crippen molar-refractivity contribution in [1.82, 2.24) is 0 Å². The summed E-state index contributed by atoms with van der Waals surface area (Å²) in [6.45, 7) is 9.68. The minimum absolute atomic E-state index is 0.103. The predicted octanol–water partition coefficient (Wildman–Crippen LogP) is 3.12. The summed E-state index contributed by atoms with van der Waals surface area (Å²) in [5.41, 5.74) is 1.99. The maximum Gasteiger partial charge on any atom is 0.161 e. The standard InChI is InChI=1S/C11H18O/c1-6-9(4)7-10(5)11(12)8(2)3/h6-8H,1-5H3. The average Bonchev–Trinajstić information content (AvgIpc) is 2.02. The van der Waals surface area contributed by atoms with Gasteiger partial charge in [0, 0.05) is 5.92 Å². The second kappa shape index (κ2) is 4.91. The quantitative estimate of drug-likeness (QED) is 0.465. The van der Waals surface area contributed by atoms with Crippen LogP contribution >= 0.6 is 0 Å². The molecule has 0 spiro atoms. The van der Waals surface area contributed by atoms with Gasteiger partial charge in [-0.05, 0) is 26.3 Å². The molecule has 0 aliphatic heterocycles. The summed E-state index contributed by atoms with van der Waals surface area (Å²) < 4.78 is 0. The lowest BCUT2D eigenvalue weighted by Crippen LogP contribution is -2.07. The van der Waals surface area contributed by atoms with Gasteiger partial charge in [-0.25, -0.2) is 0 Å². The smallest absolute Gasteiger partial charge is 0.161 e. The van der Waals surface area contributed by atoms with E-state index in [1.807, 2.05) is 46.8 Å². The van der Waals surface area contributed by atoms with Gasteiger partial charge in [0.2, 0.25) is 0 Å². The van der Waals surface area contributed by atoms with Crippen molar-refractivity contribution in [1.29, 1.82) is 0 Å². The molecular weight excluding hydrogens is 148 g/mol. The molecule has 0 aromatic carbocycles. The number of carbonyl (C=O) groups excluding carboxylic acids is 1. The fourth-order valence-electron chi connectivity index (χ4n) is 0.951. The molecule has 0 saturated heterocycles. The summed E-state index contributed by atoms with van der Waals surface area (Å²) in [5.74, 6) is 0.335. The van der Waals surface area contributed by atoms with Crippen molar-refractivity contribution in [2.75, 3.05) is 0 Å². The van der Waals surface area contributed by atoms with E-state index in [9.17, 15) is 4.79 Å². The Labute approximate surface area is 75.2 Å². The summed E-state index contributed by atoms with van der Waals surface area (Å²) >= 11 is 0. The van der Waals surface area contributed by atoms with Crippen LogP contribution in [0.3, 0.4) is 0 Å². The van der Waals surface area contributed by atoms with Crippen LogP contribution in [0.15, 0.2) is 23.3 Å². The van der Waals surface area contributed by atoms with Crippen LogP contribution in [0.4, 0.5) is 0 Å². The largest absolute Gasteiger partial charge is 0.294 e. The zero-order chi connectivity index (χ0) is 9.72. The first-order chi connectivity index (χ1) is 5.49. The molecule has 0 N–H and O–H groups in total. The zero-order valence-corrected chi connectivity index (χ0v) is 8.64. The lowest BCUT2D eigenvalue weighted by Gasteiger charge is -2.03. The molecule has 0 fully saturated rings. The molecule has 0 saturated carbocycles. The Morgan fingerprint density at radius 3 is 2.08 bits per heavy atom. The minimum atomic E-state index is 0.103. The molecule has 0 amide bonds. The Kier molecular flexibility index (Phi) is 4.57. The van der Waals surface area contributed by atoms with Gasteiger partial charge in [-0.2, -0.15) is 0 Å². The van der Waals surface area contributed by atoms with Gasteiger partial charge in [0.25, 0.3) is 0 Å². The second-order valence-electron chi connectivity index (χ2n) is 3.38. The second-order valence-corrected chi connectivity index (χ2v) is 3.38. The number of carbonyl (C=O) groups is 1. The summed E-state index contributed by atoms with van der Waals surface area (Å²) in [5, 5.41) is 0. The SMILES string of the molecule is CC=C(C)C=C(C)C(=O)C(C)C. The van der Waals surface area contributed by atoms with E-state index < -0.39 is 0 Å². The lowest BCUT2D eigenvalue weighted by molar-refractivity contribution is -0.118. The van der Waals surface area contributed by atoms with Gasteiger partial charge in [0.15, 0.2) is 5.78 Å². The van der Waals surface area contributed by atoms with E-state index in [0.29, 0.717) is 0 Å². The highest BCUT2D eigenvalue weighted by Crippen LogP contribution is 2.08. The van der Waals surface area contributed by atoms with E-state index in [-0.39, 0.29) is 11.7 Å². The van der Waals surface area contributed by atoms with E-state index in [2.05, 4.69) is 0 Å². The van der Waals surface area contributed by atoms with Crippen LogP contribution in [-0.4, -0.2) is 5.78 Å². The molecule has 0 heterocycles. The fraction of sp³-hybridized carbons (Fsp3) is 0.545. The Bertz CT molecular complexity index is 219. The van der Waals surface area contributed by atoms with Crippen molar-refractivity contribution < 1.29 is 4.79 Å². The van der Waals surface area contributed by atoms with Crippen LogP contribution in [-0.2, 0) is 4.79 Å². The third kappa shape index (κ3) is 3.51. The highest BCUT2D eigenvalue weighted by molar-refractivity contribution is 5.96. The Morgan fingerprint density at radius 1 is 1.25 bits per heavy atom. The summed E-state index contributed by atoms with van der Waals surface area (Å²) in [4.78, 5) is 11.4. The van der Waals surface area contributed by atoms with Gasteiger partial charge in [-0.3, -0.25) is 4.79 Å². The van der Waals surface area contributed by atoms with Crippen molar-refractivity contribution in [3.8, 4) is 0 Å². The molecule has 0 bridgehead atoms. The molecule has 0 aromatic rings. The topological polar surface area (TPSA) is 17.1 Å². The van der Waals surface area contributed by atoms with Crippen molar-refractivity contribution in [2.45, 2.75) is 34.6 Å². The maximum atomic E-state index is 11.4. The van der Waals surface area contributed by atoms with Crippen LogP contribution in [0.5, 0.6) is 0 Å². The number of hydrogen-bond donors (Lipinski definition) is 0. The molecule has 0 rings (SSSR count). The summed E-state index contributed by atoms with van der Waals surface area (Å²) in [6, 6.07) is 0. The van der Waals surface area contributed by atoms with Crippen LogP contribution in [0.25, 0.3) is 0 Å². The number of allylic oxidation sites excluding steroid dienone is 4. The van der Waals surface area contributed by atoms with Crippen molar-refractivity contribution in [3.05, 3.63) is 23.3 Å². The average molecular weight is 166 g/mol. The van der Waals surface area contributed by atoms with Gasteiger partial charge >= 0.3 is 0 Å². The molecule has 1 heteroatoms. The summed E-state index contributed by atoms with van der Waals surface area (Å²) in [6.07, 6.45) is 3.93. The Hall–Kier alpha value is -0.850. The van der Waals surface area contributed by atoms with Crippen molar-refractivity contribution in [2.24, 2.45) is 5.92 Å². The van der Waals surface area contributed by atoms with Gasteiger partial charge < -0.3 is 0 Å². The molecule has 0 radical (unpaired) electrons. The van der Waals surface area contributed by atoms with Crippen LogP contribution in [0.2, 0.25) is 0 Å². The van der Waals surface area contributed by atoms with Crippen molar-refractivity contribution in [3.63, 3.8) is 0 Å². The first-order valence-corrected chi connectivity index (χ1v) is 4.34. The molecule has 68 valence electrons. The van der Waals surface area contributed by atoms with Crippen LogP contribution in [0.1, 0.15) is 34.6 Å². The van der Waals surface area contributed by atoms with E-state index in [1.165, 1.54) is 0 Å². The number of rotatable bonds is 3. The van der Waals surface area contributed by atoms with Crippen molar-refractivity contribution >= 4 is 5.78 Å². The first kappa shape index (κ1) is 11.2. The Balaban J connectivity index is 4.49. The maximum absolute atomic E-state index is 11.4. The molecule has 0 unspecified atom stereocenters. The molecule has 0 aromatic heterocycles. The third-order valence-electron chi connectivity index (χ3n) is 1.81. The molecule has 0 atom stereocenters. The van der Waals surface area contributed by atoms with E-state index >= 15 is 0 Å². The van der Waals surface area contributed by atoms with Gasteiger partial charge in [-0.1, -0.05) is 31.6 Å². The number of hydrogen-bond acceptors (Lipinski definition) is 1. The monoisotopic (exact) mass is 166 g/mol. The number of Topliss-reactive ketones (excluding diaryl/α,β-unsaturated/α-hetero) is 1. The molecule has 0 aliphatic rings. The van der Waals surface area contributed by atoms with E-state index in [1.54, 1.807) is 0 Å². The predicted molar refractivity (Wildman–Crippen MR) is 53.0 cm³/mol. The highest BCUT2D eigenvalue weighted by atomic mass is 16.1. The zero-order valence-electron chi connectivity index (χ0n) is 8.64.